The van der Waals surface area contributed by atoms with Gasteiger partial charge in [0.1, 0.15) is 0 Å². The monoisotopic (exact) mass is 290 g/mol. The maximum absolute atomic E-state index is 11.8. The lowest BCUT2D eigenvalue weighted by atomic mass is 10.1. The van der Waals surface area contributed by atoms with Crippen molar-refractivity contribution in [3.63, 3.8) is 0 Å². The molecule has 2 amide bonds. The molecule has 0 bridgehead atoms. The number of amides is 2. The van der Waals surface area contributed by atoms with Crippen LogP contribution in [-0.4, -0.2) is 21.4 Å². The molecule has 0 spiro atoms. The van der Waals surface area contributed by atoms with Crippen LogP contribution in [0.1, 0.15) is 20.8 Å². The van der Waals surface area contributed by atoms with Gasteiger partial charge in [-0.05, 0) is 12.8 Å². The molecule has 106 valence electrons. The number of benzene rings is 1. The van der Waals surface area contributed by atoms with Gasteiger partial charge in [-0.2, -0.15) is 9.36 Å². The summed E-state index contributed by atoms with van der Waals surface area (Å²) in [6.45, 7) is 6.09. The number of anilines is 1. The summed E-state index contributed by atoms with van der Waals surface area (Å²) in [5.41, 5.74) is 0.938. The summed E-state index contributed by atoms with van der Waals surface area (Å²) in [5.74, 6) is 1.01. The van der Waals surface area contributed by atoms with Crippen LogP contribution in [-0.2, 0) is 0 Å². The number of urea groups is 1. The second kappa shape index (κ2) is 6.47. The van der Waals surface area contributed by atoms with Gasteiger partial charge in [-0.3, -0.25) is 5.32 Å². The molecular formula is C14H18N4OS. The first-order valence-electron chi connectivity index (χ1n) is 6.53. The normalized spacial score (nSPS) is 12.2. The highest BCUT2D eigenvalue weighted by Crippen LogP contribution is 2.20. The maximum atomic E-state index is 11.8. The zero-order valence-electron chi connectivity index (χ0n) is 11.8. The average molecular weight is 290 g/mol. The van der Waals surface area contributed by atoms with Gasteiger partial charge in [0.05, 0.1) is 0 Å². The van der Waals surface area contributed by atoms with Crippen LogP contribution in [0.4, 0.5) is 9.93 Å². The second-order valence-electron chi connectivity index (χ2n) is 4.92. The molecule has 0 saturated carbocycles. The summed E-state index contributed by atoms with van der Waals surface area (Å²) in [6, 6.07) is 9.54. The third-order valence-electron chi connectivity index (χ3n) is 3.04. The van der Waals surface area contributed by atoms with E-state index in [-0.39, 0.29) is 12.1 Å². The summed E-state index contributed by atoms with van der Waals surface area (Å²) in [6.07, 6.45) is 0. The van der Waals surface area contributed by atoms with Gasteiger partial charge < -0.3 is 5.32 Å². The Hall–Kier alpha value is -1.95. The maximum Gasteiger partial charge on any atom is 0.321 e. The topological polar surface area (TPSA) is 66.9 Å². The zero-order valence-corrected chi connectivity index (χ0v) is 12.6. The molecule has 2 aromatic rings. The molecule has 20 heavy (non-hydrogen) atoms. The van der Waals surface area contributed by atoms with E-state index in [1.54, 1.807) is 0 Å². The van der Waals surface area contributed by atoms with Crippen LogP contribution in [0.2, 0.25) is 0 Å². The van der Waals surface area contributed by atoms with Crippen molar-refractivity contribution < 1.29 is 4.79 Å². The van der Waals surface area contributed by atoms with Gasteiger partial charge in [-0.15, -0.1) is 0 Å². The van der Waals surface area contributed by atoms with Gasteiger partial charge in [-0.25, -0.2) is 4.79 Å². The first kappa shape index (κ1) is 14.5. The van der Waals surface area contributed by atoms with E-state index in [1.165, 1.54) is 11.5 Å². The molecule has 2 N–H and O–H groups in total. The molecule has 6 heteroatoms. The molecule has 1 atom stereocenters. The molecule has 0 aliphatic rings. The van der Waals surface area contributed by atoms with Crippen LogP contribution in [0.5, 0.6) is 0 Å². The number of aromatic nitrogens is 2. The third-order valence-corrected chi connectivity index (χ3v) is 3.67. The predicted molar refractivity (Wildman–Crippen MR) is 81.8 cm³/mol. The summed E-state index contributed by atoms with van der Waals surface area (Å²) < 4.78 is 4.24. The number of nitrogens with zero attached hydrogens (tertiary/aromatic N) is 2. The Balaban J connectivity index is 1.98. The van der Waals surface area contributed by atoms with Crippen molar-refractivity contribution in [3.05, 3.63) is 30.3 Å². The van der Waals surface area contributed by atoms with Gasteiger partial charge in [0.2, 0.25) is 5.13 Å². The van der Waals surface area contributed by atoms with E-state index in [0.29, 0.717) is 16.9 Å². The van der Waals surface area contributed by atoms with Crippen molar-refractivity contribution in [2.75, 3.05) is 5.32 Å². The number of carbonyl (C=O) groups excluding carboxylic acids is 1. The fraction of sp³-hybridized carbons (Fsp3) is 0.357. The number of nitrogens with one attached hydrogen (secondary N) is 2. The molecule has 1 aromatic heterocycles. The molecule has 0 fully saturated rings. The number of hydrogen-bond acceptors (Lipinski definition) is 4. The fourth-order valence-corrected chi connectivity index (χ4v) is 2.07. The molecule has 0 aliphatic carbocycles. The Morgan fingerprint density at radius 3 is 2.55 bits per heavy atom. The first-order valence-corrected chi connectivity index (χ1v) is 7.30. The molecule has 5 nitrogen and oxygen atoms in total. The molecule has 1 heterocycles. The third kappa shape index (κ3) is 3.77. The van der Waals surface area contributed by atoms with Crippen molar-refractivity contribution in [1.29, 1.82) is 0 Å². The zero-order chi connectivity index (χ0) is 14.5. The lowest BCUT2D eigenvalue weighted by Gasteiger charge is -2.16. The van der Waals surface area contributed by atoms with Gasteiger partial charge >= 0.3 is 6.03 Å². The van der Waals surface area contributed by atoms with Crippen LogP contribution < -0.4 is 10.6 Å². The van der Waals surface area contributed by atoms with Crippen molar-refractivity contribution in [1.82, 2.24) is 14.7 Å². The van der Waals surface area contributed by atoms with Crippen LogP contribution in [0.25, 0.3) is 11.4 Å². The Bertz CT molecular complexity index is 568. The standard InChI is InChI=1S/C14H18N4OS/c1-9(2)10(3)15-13(19)17-14-16-12(18-20-14)11-7-5-4-6-8-11/h4-10H,1-3H3,(H2,15,16,17,18,19). The Labute approximate surface area is 122 Å². The van der Waals surface area contributed by atoms with Crippen molar-refractivity contribution in [2.24, 2.45) is 5.92 Å². The molecule has 1 aromatic carbocycles. The lowest BCUT2D eigenvalue weighted by molar-refractivity contribution is 0.246. The van der Waals surface area contributed by atoms with Crippen LogP contribution in [0.3, 0.4) is 0 Å². The van der Waals surface area contributed by atoms with Crippen LogP contribution in [0, 0.1) is 5.92 Å². The minimum absolute atomic E-state index is 0.108. The van der Waals surface area contributed by atoms with Crippen molar-refractivity contribution in [2.45, 2.75) is 26.8 Å². The van der Waals surface area contributed by atoms with Gasteiger partial charge in [-0.1, -0.05) is 44.2 Å². The van der Waals surface area contributed by atoms with E-state index in [2.05, 4.69) is 33.8 Å². The van der Waals surface area contributed by atoms with E-state index < -0.39 is 0 Å². The Morgan fingerprint density at radius 2 is 1.90 bits per heavy atom. The highest BCUT2D eigenvalue weighted by Gasteiger charge is 2.13. The van der Waals surface area contributed by atoms with Crippen molar-refractivity contribution in [3.8, 4) is 11.4 Å². The first-order chi connectivity index (χ1) is 9.56. The Morgan fingerprint density at radius 1 is 1.20 bits per heavy atom. The van der Waals surface area contributed by atoms with Crippen molar-refractivity contribution >= 4 is 22.7 Å². The summed E-state index contributed by atoms with van der Waals surface area (Å²) >= 11 is 1.18. The van der Waals surface area contributed by atoms with Crippen LogP contribution in [0.15, 0.2) is 30.3 Å². The second-order valence-corrected chi connectivity index (χ2v) is 5.67. The number of rotatable bonds is 4. The highest BCUT2D eigenvalue weighted by molar-refractivity contribution is 7.10. The molecule has 0 aliphatic heterocycles. The van der Waals surface area contributed by atoms with E-state index in [4.69, 9.17) is 0 Å². The fourth-order valence-electron chi connectivity index (χ4n) is 1.49. The number of carbonyl (C=O) groups is 1. The summed E-state index contributed by atoms with van der Waals surface area (Å²) in [4.78, 5) is 16.1. The smallest absolute Gasteiger partial charge is 0.321 e. The van der Waals surface area contributed by atoms with E-state index in [9.17, 15) is 4.79 Å². The van der Waals surface area contributed by atoms with E-state index in [0.717, 1.165) is 5.56 Å². The molecule has 0 saturated heterocycles. The molecule has 1 unspecified atom stereocenters. The average Bonchev–Trinajstić information content (AvgIpc) is 2.88. The minimum Gasteiger partial charge on any atom is -0.335 e. The van der Waals surface area contributed by atoms with E-state index in [1.807, 2.05) is 37.3 Å². The van der Waals surface area contributed by atoms with Gasteiger partial charge in [0, 0.05) is 23.1 Å². The molecule has 0 radical (unpaired) electrons. The lowest BCUT2D eigenvalue weighted by Crippen LogP contribution is -2.38. The number of hydrogen-bond donors (Lipinski definition) is 2. The van der Waals surface area contributed by atoms with Gasteiger partial charge in [0.25, 0.3) is 0 Å². The van der Waals surface area contributed by atoms with E-state index >= 15 is 0 Å². The molecular weight excluding hydrogens is 272 g/mol. The summed E-state index contributed by atoms with van der Waals surface area (Å²) in [7, 11) is 0. The van der Waals surface area contributed by atoms with Gasteiger partial charge in [0.15, 0.2) is 5.82 Å². The predicted octanol–water partition coefficient (Wildman–Crippen LogP) is 3.37. The largest absolute Gasteiger partial charge is 0.335 e. The minimum atomic E-state index is -0.248. The quantitative estimate of drug-likeness (QED) is 0.907. The highest BCUT2D eigenvalue weighted by atomic mass is 32.1. The SMILES string of the molecule is CC(C)C(C)NC(=O)Nc1nc(-c2ccccc2)ns1. The van der Waals surface area contributed by atoms with Crippen LogP contribution >= 0.6 is 11.5 Å². The molecule has 2 rings (SSSR count). The Kier molecular flexibility index (Phi) is 4.68. The summed E-state index contributed by atoms with van der Waals surface area (Å²) in [5, 5.41) is 6.08.